The van der Waals surface area contributed by atoms with E-state index in [-0.39, 0.29) is 5.91 Å². The SMILES string of the molecule is Cc1nc(C(=O)NCCN2CCCC2)c(Cl)s1. The van der Waals surface area contributed by atoms with Gasteiger partial charge in [0.2, 0.25) is 0 Å². The third-order valence-electron chi connectivity index (χ3n) is 2.82. The van der Waals surface area contributed by atoms with Crippen molar-refractivity contribution in [2.24, 2.45) is 0 Å². The zero-order chi connectivity index (χ0) is 12.3. The minimum Gasteiger partial charge on any atom is -0.349 e. The van der Waals surface area contributed by atoms with Crippen LogP contribution in [0, 0.1) is 6.92 Å². The van der Waals surface area contributed by atoms with Crippen LogP contribution in [0.15, 0.2) is 0 Å². The molecular formula is C11H16ClN3OS. The number of nitrogens with one attached hydrogen (secondary N) is 1. The van der Waals surface area contributed by atoms with E-state index in [1.165, 1.54) is 24.2 Å². The Balaban J connectivity index is 1.78. The largest absolute Gasteiger partial charge is 0.349 e. The Morgan fingerprint density at radius 1 is 1.53 bits per heavy atom. The monoisotopic (exact) mass is 273 g/mol. The van der Waals surface area contributed by atoms with Gasteiger partial charge in [-0.1, -0.05) is 11.6 Å². The highest BCUT2D eigenvalue weighted by Gasteiger charge is 2.16. The van der Waals surface area contributed by atoms with Crippen LogP contribution in [0.2, 0.25) is 4.34 Å². The summed E-state index contributed by atoms with van der Waals surface area (Å²) in [5.41, 5.74) is 0.357. The lowest BCUT2D eigenvalue weighted by atomic mass is 10.4. The van der Waals surface area contributed by atoms with E-state index in [2.05, 4.69) is 15.2 Å². The number of likely N-dealkylation sites (tertiary alicyclic amines) is 1. The number of thiazole rings is 1. The minimum absolute atomic E-state index is 0.168. The molecule has 1 saturated heterocycles. The predicted molar refractivity (Wildman–Crippen MR) is 69.9 cm³/mol. The molecule has 1 aromatic rings. The van der Waals surface area contributed by atoms with Gasteiger partial charge in [0.1, 0.15) is 4.34 Å². The molecule has 1 aliphatic rings. The molecule has 0 aromatic carbocycles. The normalized spacial score (nSPS) is 16.4. The van der Waals surface area contributed by atoms with Gasteiger partial charge in [0.05, 0.1) is 5.01 Å². The van der Waals surface area contributed by atoms with Crippen molar-refractivity contribution in [3.8, 4) is 0 Å². The van der Waals surface area contributed by atoms with Gasteiger partial charge in [-0.3, -0.25) is 4.79 Å². The van der Waals surface area contributed by atoms with Crippen LogP contribution in [0.3, 0.4) is 0 Å². The fourth-order valence-corrected chi connectivity index (χ4v) is 3.05. The second-order valence-electron chi connectivity index (χ2n) is 4.16. The second-order valence-corrected chi connectivity index (χ2v) is 5.97. The van der Waals surface area contributed by atoms with Crippen molar-refractivity contribution in [3.63, 3.8) is 0 Å². The molecule has 0 radical (unpaired) electrons. The zero-order valence-corrected chi connectivity index (χ0v) is 11.4. The van der Waals surface area contributed by atoms with Crippen LogP contribution >= 0.6 is 22.9 Å². The molecule has 0 spiro atoms. The topological polar surface area (TPSA) is 45.2 Å². The quantitative estimate of drug-likeness (QED) is 0.912. The number of amides is 1. The number of halogens is 1. The molecule has 94 valence electrons. The van der Waals surface area contributed by atoms with Gasteiger partial charge in [-0.05, 0) is 32.9 Å². The Kier molecular flexibility index (Phi) is 4.36. The summed E-state index contributed by atoms with van der Waals surface area (Å²) in [7, 11) is 0. The van der Waals surface area contributed by atoms with Crippen molar-refractivity contribution in [2.75, 3.05) is 26.2 Å². The molecule has 2 heterocycles. The van der Waals surface area contributed by atoms with Gasteiger partial charge < -0.3 is 10.2 Å². The molecule has 1 aromatic heterocycles. The van der Waals surface area contributed by atoms with Crippen LogP contribution in [0.25, 0.3) is 0 Å². The van der Waals surface area contributed by atoms with Gasteiger partial charge in [-0.2, -0.15) is 0 Å². The van der Waals surface area contributed by atoms with E-state index >= 15 is 0 Å². The third kappa shape index (κ3) is 3.40. The molecule has 1 fully saturated rings. The molecule has 0 saturated carbocycles. The van der Waals surface area contributed by atoms with Crippen molar-refractivity contribution in [2.45, 2.75) is 19.8 Å². The summed E-state index contributed by atoms with van der Waals surface area (Å²) >= 11 is 7.27. The highest BCUT2D eigenvalue weighted by Crippen LogP contribution is 2.23. The first kappa shape index (κ1) is 12.8. The van der Waals surface area contributed by atoms with Crippen LogP contribution in [0.4, 0.5) is 0 Å². The van der Waals surface area contributed by atoms with Crippen molar-refractivity contribution < 1.29 is 4.79 Å². The molecule has 2 rings (SSSR count). The molecule has 1 N–H and O–H groups in total. The van der Waals surface area contributed by atoms with Crippen molar-refractivity contribution in [3.05, 3.63) is 15.0 Å². The summed E-state index contributed by atoms with van der Waals surface area (Å²) in [6.07, 6.45) is 2.54. The maximum atomic E-state index is 11.8. The number of hydrogen-bond acceptors (Lipinski definition) is 4. The van der Waals surface area contributed by atoms with E-state index in [1.807, 2.05) is 6.92 Å². The van der Waals surface area contributed by atoms with E-state index in [0.717, 1.165) is 24.6 Å². The molecule has 1 amide bonds. The van der Waals surface area contributed by atoms with Gasteiger partial charge in [-0.15, -0.1) is 11.3 Å². The van der Waals surface area contributed by atoms with Crippen LogP contribution in [-0.4, -0.2) is 42.0 Å². The van der Waals surface area contributed by atoms with E-state index < -0.39 is 0 Å². The summed E-state index contributed by atoms with van der Waals surface area (Å²) < 4.78 is 0.473. The first-order chi connectivity index (χ1) is 8.16. The van der Waals surface area contributed by atoms with Gasteiger partial charge in [0, 0.05) is 13.1 Å². The molecule has 1 aliphatic heterocycles. The summed E-state index contributed by atoms with van der Waals surface area (Å²) in [6, 6.07) is 0. The first-order valence-electron chi connectivity index (χ1n) is 5.80. The summed E-state index contributed by atoms with van der Waals surface area (Å²) in [5.74, 6) is -0.168. The van der Waals surface area contributed by atoms with Crippen LogP contribution in [-0.2, 0) is 0 Å². The Labute approximate surface area is 110 Å². The van der Waals surface area contributed by atoms with E-state index in [1.54, 1.807) is 0 Å². The van der Waals surface area contributed by atoms with Gasteiger partial charge in [-0.25, -0.2) is 4.98 Å². The molecular weight excluding hydrogens is 258 g/mol. The number of carbonyl (C=O) groups is 1. The number of carbonyl (C=O) groups excluding carboxylic acids is 1. The smallest absolute Gasteiger partial charge is 0.272 e. The van der Waals surface area contributed by atoms with Crippen molar-refractivity contribution in [1.82, 2.24) is 15.2 Å². The molecule has 0 atom stereocenters. The summed E-state index contributed by atoms with van der Waals surface area (Å²) in [5, 5.41) is 3.68. The van der Waals surface area contributed by atoms with Crippen molar-refractivity contribution >= 4 is 28.8 Å². The number of aromatic nitrogens is 1. The highest BCUT2D eigenvalue weighted by atomic mass is 35.5. The number of nitrogens with zero attached hydrogens (tertiary/aromatic N) is 2. The van der Waals surface area contributed by atoms with E-state index in [9.17, 15) is 4.79 Å². The zero-order valence-electron chi connectivity index (χ0n) is 9.83. The van der Waals surface area contributed by atoms with Gasteiger partial charge in [0.15, 0.2) is 5.69 Å². The Bertz CT molecular complexity index is 401. The summed E-state index contributed by atoms with van der Waals surface area (Å²) in [4.78, 5) is 18.3. The molecule has 17 heavy (non-hydrogen) atoms. The van der Waals surface area contributed by atoms with Crippen molar-refractivity contribution in [1.29, 1.82) is 0 Å². The molecule has 0 bridgehead atoms. The fourth-order valence-electron chi connectivity index (χ4n) is 1.96. The average molecular weight is 274 g/mol. The number of hydrogen-bond donors (Lipinski definition) is 1. The summed E-state index contributed by atoms with van der Waals surface area (Å²) in [6.45, 7) is 5.70. The maximum Gasteiger partial charge on any atom is 0.272 e. The maximum absolute atomic E-state index is 11.8. The van der Waals surface area contributed by atoms with Crippen LogP contribution in [0.1, 0.15) is 28.3 Å². The molecule has 6 heteroatoms. The number of rotatable bonds is 4. The van der Waals surface area contributed by atoms with Gasteiger partial charge >= 0.3 is 0 Å². The van der Waals surface area contributed by atoms with Crippen LogP contribution in [0.5, 0.6) is 0 Å². The molecule has 0 unspecified atom stereocenters. The fraction of sp³-hybridized carbons (Fsp3) is 0.636. The highest BCUT2D eigenvalue weighted by molar-refractivity contribution is 7.16. The third-order valence-corrected chi connectivity index (χ3v) is 3.99. The van der Waals surface area contributed by atoms with E-state index in [4.69, 9.17) is 11.6 Å². The average Bonchev–Trinajstić information content (AvgIpc) is 2.88. The van der Waals surface area contributed by atoms with Crippen LogP contribution < -0.4 is 5.32 Å². The standard InChI is InChI=1S/C11H16ClN3OS/c1-8-14-9(10(12)17-8)11(16)13-4-7-15-5-2-3-6-15/h2-7H2,1H3,(H,13,16). The number of aryl methyl sites for hydroxylation is 1. The first-order valence-corrected chi connectivity index (χ1v) is 7.00. The lowest BCUT2D eigenvalue weighted by molar-refractivity contribution is 0.0945. The van der Waals surface area contributed by atoms with E-state index in [0.29, 0.717) is 16.6 Å². The Hall–Kier alpha value is -0.650. The second kappa shape index (κ2) is 5.80. The molecule has 0 aliphatic carbocycles. The minimum atomic E-state index is -0.168. The Morgan fingerprint density at radius 2 is 2.24 bits per heavy atom. The lowest BCUT2D eigenvalue weighted by Gasteiger charge is -2.14. The molecule has 4 nitrogen and oxygen atoms in total. The predicted octanol–water partition coefficient (Wildman–Crippen LogP) is 1.93. The Morgan fingerprint density at radius 3 is 2.82 bits per heavy atom. The lowest BCUT2D eigenvalue weighted by Crippen LogP contribution is -2.33. The van der Waals surface area contributed by atoms with Gasteiger partial charge in [0.25, 0.3) is 5.91 Å².